The van der Waals surface area contributed by atoms with Crippen molar-refractivity contribution in [1.82, 2.24) is 15.5 Å². The molecule has 0 aromatic rings. The summed E-state index contributed by atoms with van der Waals surface area (Å²) in [6.45, 7) is 6.99. The van der Waals surface area contributed by atoms with E-state index >= 15 is 0 Å². The Kier molecular flexibility index (Phi) is 6.05. The second kappa shape index (κ2) is 7.07. The van der Waals surface area contributed by atoms with Crippen LogP contribution in [-0.4, -0.2) is 62.8 Å². The standard InChI is InChI=1S/C13H27N3O2/c1-13(2,16(3)4)10-14-9-12(17)15-11-5-7-18-8-6-11/h11,14H,5-10H2,1-4H3,(H,15,17). The molecule has 1 fully saturated rings. The molecule has 0 bridgehead atoms. The van der Waals surface area contributed by atoms with E-state index in [0.717, 1.165) is 32.6 Å². The van der Waals surface area contributed by atoms with Gasteiger partial charge in [0.25, 0.3) is 0 Å². The number of carbonyl (C=O) groups is 1. The van der Waals surface area contributed by atoms with E-state index in [1.54, 1.807) is 0 Å². The topological polar surface area (TPSA) is 53.6 Å². The van der Waals surface area contributed by atoms with Crippen molar-refractivity contribution in [2.75, 3.05) is 40.4 Å². The van der Waals surface area contributed by atoms with Gasteiger partial charge in [0.15, 0.2) is 0 Å². The van der Waals surface area contributed by atoms with Crippen molar-refractivity contribution < 1.29 is 9.53 Å². The van der Waals surface area contributed by atoms with E-state index < -0.39 is 0 Å². The van der Waals surface area contributed by atoms with Gasteiger partial charge in [-0.25, -0.2) is 0 Å². The summed E-state index contributed by atoms with van der Waals surface area (Å²) in [5.74, 6) is 0.0801. The number of ether oxygens (including phenoxy) is 1. The van der Waals surface area contributed by atoms with Crippen LogP contribution >= 0.6 is 0 Å². The van der Waals surface area contributed by atoms with Crippen LogP contribution in [0.4, 0.5) is 0 Å². The van der Waals surface area contributed by atoms with Gasteiger partial charge >= 0.3 is 0 Å². The highest BCUT2D eigenvalue weighted by Gasteiger charge is 2.20. The van der Waals surface area contributed by atoms with Gasteiger partial charge < -0.3 is 20.3 Å². The molecule has 0 saturated carbocycles. The van der Waals surface area contributed by atoms with Crippen LogP contribution in [0.15, 0.2) is 0 Å². The molecule has 0 aliphatic carbocycles. The van der Waals surface area contributed by atoms with Crippen molar-refractivity contribution in [3.05, 3.63) is 0 Å². The largest absolute Gasteiger partial charge is 0.381 e. The van der Waals surface area contributed by atoms with E-state index in [0.29, 0.717) is 6.54 Å². The van der Waals surface area contributed by atoms with E-state index in [4.69, 9.17) is 4.74 Å². The Labute approximate surface area is 110 Å². The third-order valence-corrected chi connectivity index (χ3v) is 3.64. The molecule has 1 amide bonds. The molecule has 0 radical (unpaired) electrons. The molecule has 18 heavy (non-hydrogen) atoms. The minimum Gasteiger partial charge on any atom is -0.381 e. The maximum atomic E-state index is 11.7. The maximum Gasteiger partial charge on any atom is 0.234 e. The van der Waals surface area contributed by atoms with Gasteiger partial charge in [-0.15, -0.1) is 0 Å². The Bertz CT molecular complexity index is 261. The summed E-state index contributed by atoms with van der Waals surface area (Å²) in [4.78, 5) is 13.9. The Morgan fingerprint density at radius 3 is 2.50 bits per heavy atom. The lowest BCUT2D eigenvalue weighted by atomic mass is 10.0. The van der Waals surface area contributed by atoms with E-state index in [9.17, 15) is 4.79 Å². The second-order valence-corrected chi connectivity index (χ2v) is 5.76. The first-order valence-electron chi connectivity index (χ1n) is 6.67. The second-order valence-electron chi connectivity index (χ2n) is 5.76. The summed E-state index contributed by atoms with van der Waals surface area (Å²) in [6.07, 6.45) is 1.85. The van der Waals surface area contributed by atoms with Crippen LogP contribution in [0, 0.1) is 0 Å². The summed E-state index contributed by atoms with van der Waals surface area (Å²) in [5.41, 5.74) is 0.0545. The average Bonchev–Trinajstić information content (AvgIpc) is 2.29. The molecule has 5 heteroatoms. The van der Waals surface area contributed by atoms with Gasteiger partial charge in [-0.3, -0.25) is 4.79 Å². The van der Waals surface area contributed by atoms with Crippen LogP contribution in [0.5, 0.6) is 0 Å². The summed E-state index contributed by atoms with van der Waals surface area (Å²) >= 11 is 0. The molecule has 1 aliphatic rings. The molecule has 0 atom stereocenters. The van der Waals surface area contributed by atoms with E-state index in [1.807, 2.05) is 14.1 Å². The minimum absolute atomic E-state index is 0.0545. The van der Waals surface area contributed by atoms with Crippen LogP contribution in [0.25, 0.3) is 0 Å². The van der Waals surface area contributed by atoms with Gasteiger partial charge in [0.1, 0.15) is 0 Å². The van der Waals surface area contributed by atoms with Gasteiger partial charge in [0, 0.05) is 31.3 Å². The van der Waals surface area contributed by atoms with Crippen LogP contribution in [0.1, 0.15) is 26.7 Å². The SMILES string of the molecule is CN(C)C(C)(C)CNCC(=O)NC1CCOCC1. The third-order valence-electron chi connectivity index (χ3n) is 3.64. The van der Waals surface area contributed by atoms with Crippen molar-refractivity contribution in [3.8, 4) is 0 Å². The average molecular weight is 257 g/mol. The van der Waals surface area contributed by atoms with Crippen LogP contribution < -0.4 is 10.6 Å². The number of hydrogen-bond acceptors (Lipinski definition) is 4. The van der Waals surface area contributed by atoms with Gasteiger partial charge in [-0.1, -0.05) is 0 Å². The Balaban J connectivity index is 2.17. The van der Waals surface area contributed by atoms with E-state index in [2.05, 4.69) is 29.4 Å². The molecule has 1 saturated heterocycles. The van der Waals surface area contributed by atoms with Gasteiger partial charge in [-0.05, 0) is 40.8 Å². The quantitative estimate of drug-likeness (QED) is 0.714. The molecule has 0 aromatic carbocycles. The van der Waals surface area contributed by atoms with Crippen molar-refractivity contribution >= 4 is 5.91 Å². The molecule has 0 spiro atoms. The highest BCUT2D eigenvalue weighted by Crippen LogP contribution is 2.08. The van der Waals surface area contributed by atoms with Crippen LogP contribution in [0.2, 0.25) is 0 Å². The van der Waals surface area contributed by atoms with Gasteiger partial charge in [-0.2, -0.15) is 0 Å². The number of amides is 1. The van der Waals surface area contributed by atoms with E-state index in [-0.39, 0.29) is 17.5 Å². The lowest BCUT2D eigenvalue weighted by Crippen LogP contribution is -2.49. The number of likely N-dealkylation sites (N-methyl/N-ethyl adjacent to an activating group) is 1. The summed E-state index contributed by atoms with van der Waals surface area (Å²) in [7, 11) is 4.09. The lowest BCUT2D eigenvalue weighted by Gasteiger charge is -2.32. The molecule has 1 heterocycles. The zero-order valence-corrected chi connectivity index (χ0v) is 12.1. The number of carbonyl (C=O) groups excluding carboxylic acids is 1. The van der Waals surface area contributed by atoms with Crippen molar-refractivity contribution in [2.24, 2.45) is 0 Å². The lowest BCUT2D eigenvalue weighted by molar-refractivity contribution is -0.121. The first-order chi connectivity index (χ1) is 8.42. The molecular weight excluding hydrogens is 230 g/mol. The number of nitrogens with one attached hydrogen (secondary N) is 2. The van der Waals surface area contributed by atoms with Crippen molar-refractivity contribution in [1.29, 1.82) is 0 Å². The smallest absolute Gasteiger partial charge is 0.234 e. The molecule has 2 N–H and O–H groups in total. The summed E-state index contributed by atoms with van der Waals surface area (Å²) < 4.78 is 5.26. The van der Waals surface area contributed by atoms with Crippen molar-refractivity contribution in [2.45, 2.75) is 38.3 Å². The highest BCUT2D eigenvalue weighted by atomic mass is 16.5. The first-order valence-corrected chi connectivity index (χ1v) is 6.67. The van der Waals surface area contributed by atoms with Crippen molar-refractivity contribution in [3.63, 3.8) is 0 Å². The summed E-state index contributed by atoms with van der Waals surface area (Å²) in [6, 6.07) is 0.287. The van der Waals surface area contributed by atoms with E-state index in [1.165, 1.54) is 0 Å². The van der Waals surface area contributed by atoms with Gasteiger partial charge in [0.05, 0.1) is 6.54 Å². The molecular formula is C13H27N3O2. The fourth-order valence-electron chi connectivity index (χ4n) is 1.76. The zero-order valence-electron chi connectivity index (χ0n) is 12.1. The maximum absolute atomic E-state index is 11.7. The first kappa shape index (κ1) is 15.4. The minimum atomic E-state index is 0.0545. The fourth-order valence-corrected chi connectivity index (χ4v) is 1.76. The Morgan fingerprint density at radius 1 is 1.33 bits per heavy atom. The normalized spacial score (nSPS) is 18.1. The molecule has 0 unspecified atom stereocenters. The third kappa shape index (κ3) is 5.33. The highest BCUT2D eigenvalue weighted by molar-refractivity contribution is 5.78. The molecule has 5 nitrogen and oxygen atoms in total. The summed E-state index contributed by atoms with van der Waals surface area (Å²) in [5, 5.41) is 6.25. The number of rotatable bonds is 6. The monoisotopic (exact) mass is 257 g/mol. The molecule has 0 aromatic heterocycles. The zero-order chi connectivity index (χ0) is 13.6. The molecule has 1 rings (SSSR count). The van der Waals surface area contributed by atoms with Crippen LogP contribution in [-0.2, 0) is 9.53 Å². The predicted molar refractivity (Wildman–Crippen MR) is 72.6 cm³/mol. The fraction of sp³-hybridized carbons (Fsp3) is 0.923. The number of nitrogens with zero attached hydrogens (tertiary/aromatic N) is 1. The van der Waals surface area contributed by atoms with Gasteiger partial charge in [0.2, 0.25) is 5.91 Å². The Hall–Kier alpha value is -0.650. The predicted octanol–water partition coefficient (Wildman–Crippen LogP) is 0.211. The van der Waals surface area contributed by atoms with Crippen LogP contribution in [0.3, 0.4) is 0 Å². The Morgan fingerprint density at radius 2 is 1.94 bits per heavy atom. The molecule has 106 valence electrons. The number of hydrogen-bond donors (Lipinski definition) is 2. The molecule has 1 aliphatic heterocycles.